The number of ether oxygens (including phenoxy) is 4. The predicted octanol–water partition coefficient (Wildman–Crippen LogP) is 3.80. The lowest BCUT2D eigenvalue weighted by Gasteiger charge is -2.27. The summed E-state index contributed by atoms with van der Waals surface area (Å²) in [5.74, 6) is -2.26. The van der Waals surface area contributed by atoms with E-state index in [9.17, 15) is 19.8 Å². The minimum atomic E-state index is -0.906. The average molecular weight is 481 g/mol. The first kappa shape index (κ1) is 25.9. The highest BCUT2D eigenvalue weighted by atomic mass is 16.5. The van der Waals surface area contributed by atoms with E-state index in [4.69, 9.17) is 18.9 Å². The molecule has 0 amide bonds. The van der Waals surface area contributed by atoms with E-state index in [-0.39, 0.29) is 24.3 Å². The summed E-state index contributed by atoms with van der Waals surface area (Å²) in [6.45, 7) is -0.0456. The Morgan fingerprint density at radius 1 is 0.771 bits per heavy atom. The predicted molar refractivity (Wildman–Crippen MR) is 127 cm³/mol. The highest BCUT2D eigenvalue weighted by molar-refractivity contribution is 6.00. The van der Waals surface area contributed by atoms with Crippen molar-refractivity contribution in [1.82, 2.24) is 0 Å². The standard InChI is InChI=1S/C27H28O8/c1-32-26(30)21-13-20(14-22(24(21)29)27(31)33-2)25(35-17-19-11-7-4-8-12-19)23(15-28)34-16-18-9-5-3-6-10-18/h3-14,23,25,28-29H,15-17H2,1-2H3/t23-,25+/m0/s1. The van der Waals surface area contributed by atoms with E-state index in [1.165, 1.54) is 12.1 Å². The van der Waals surface area contributed by atoms with Gasteiger partial charge < -0.3 is 29.2 Å². The van der Waals surface area contributed by atoms with Crippen LogP contribution in [-0.4, -0.2) is 49.1 Å². The van der Waals surface area contributed by atoms with Crippen molar-refractivity contribution in [2.45, 2.75) is 25.4 Å². The molecule has 0 radical (unpaired) electrons. The molecule has 184 valence electrons. The monoisotopic (exact) mass is 480 g/mol. The van der Waals surface area contributed by atoms with E-state index in [2.05, 4.69) is 0 Å². The molecule has 0 spiro atoms. The fourth-order valence-electron chi connectivity index (χ4n) is 3.54. The van der Waals surface area contributed by atoms with Crippen molar-refractivity contribution in [3.05, 3.63) is 101 Å². The first-order valence-corrected chi connectivity index (χ1v) is 10.9. The average Bonchev–Trinajstić information content (AvgIpc) is 2.91. The normalized spacial score (nSPS) is 12.5. The summed E-state index contributed by atoms with van der Waals surface area (Å²) in [4.78, 5) is 24.7. The van der Waals surface area contributed by atoms with E-state index in [1.807, 2.05) is 60.7 Å². The van der Waals surface area contributed by atoms with Crippen LogP contribution >= 0.6 is 0 Å². The number of benzene rings is 3. The zero-order chi connectivity index (χ0) is 25.2. The molecule has 2 atom stereocenters. The Morgan fingerprint density at radius 2 is 1.23 bits per heavy atom. The van der Waals surface area contributed by atoms with Crippen LogP contribution in [0.1, 0.15) is 43.5 Å². The molecule has 3 aromatic carbocycles. The molecule has 0 aromatic heterocycles. The fraction of sp³-hybridized carbons (Fsp3) is 0.259. The van der Waals surface area contributed by atoms with Gasteiger partial charge in [0, 0.05) is 0 Å². The number of aliphatic hydroxyl groups is 1. The van der Waals surface area contributed by atoms with Gasteiger partial charge in [0.2, 0.25) is 0 Å². The summed E-state index contributed by atoms with van der Waals surface area (Å²) in [5, 5.41) is 20.7. The molecule has 8 nitrogen and oxygen atoms in total. The number of carbonyl (C=O) groups excluding carboxylic acids is 2. The van der Waals surface area contributed by atoms with Gasteiger partial charge >= 0.3 is 11.9 Å². The van der Waals surface area contributed by atoms with E-state index in [0.29, 0.717) is 5.56 Å². The van der Waals surface area contributed by atoms with Crippen molar-refractivity contribution in [2.75, 3.05) is 20.8 Å². The summed E-state index contributed by atoms with van der Waals surface area (Å²) in [6.07, 6.45) is -1.77. The van der Waals surface area contributed by atoms with E-state index >= 15 is 0 Å². The number of methoxy groups -OCH3 is 2. The van der Waals surface area contributed by atoms with Crippen LogP contribution in [0.4, 0.5) is 0 Å². The van der Waals surface area contributed by atoms with Gasteiger partial charge in [0.1, 0.15) is 29.1 Å². The van der Waals surface area contributed by atoms with E-state index < -0.39 is 36.5 Å². The molecule has 0 aliphatic rings. The third-order valence-electron chi connectivity index (χ3n) is 5.37. The van der Waals surface area contributed by atoms with Crippen LogP contribution in [-0.2, 0) is 32.2 Å². The highest BCUT2D eigenvalue weighted by Crippen LogP contribution is 2.33. The van der Waals surface area contributed by atoms with Gasteiger partial charge in [-0.05, 0) is 28.8 Å². The van der Waals surface area contributed by atoms with Crippen LogP contribution in [0.15, 0.2) is 72.8 Å². The van der Waals surface area contributed by atoms with Gasteiger partial charge in [-0.25, -0.2) is 9.59 Å². The molecule has 0 heterocycles. The maximum Gasteiger partial charge on any atom is 0.341 e. The topological polar surface area (TPSA) is 112 Å². The Morgan fingerprint density at radius 3 is 1.66 bits per heavy atom. The minimum absolute atomic E-state index is 0.165. The zero-order valence-electron chi connectivity index (χ0n) is 19.5. The smallest absolute Gasteiger partial charge is 0.341 e. The molecule has 8 heteroatoms. The largest absolute Gasteiger partial charge is 0.506 e. The minimum Gasteiger partial charge on any atom is -0.506 e. The highest BCUT2D eigenvalue weighted by Gasteiger charge is 2.30. The summed E-state index contributed by atoms with van der Waals surface area (Å²) < 4.78 is 21.7. The summed E-state index contributed by atoms with van der Waals surface area (Å²) in [7, 11) is 2.32. The number of phenols is 1. The van der Waals surface area contributed by atoms with Crippen molar-refractivity contribution in [2.24, 2.45) is 0 Å². The second-order valence-electron chi connectivity index (χ2n) is 7.68. The van der Waals surface area contributed by atoms with E-state index in [0.717, 1.165) is 25.3 Å². The quantitative estimate of drug-likeness (QED) is 0.399. The van der Waals surface area contributed by atoms with Crippen molar-refractivity contribution in [3.8, 4) is 5.75 Å². The number of rotatable bonds is 11. The van der Waals surface area contributed by atoms with Gasteiger partial charge in [-0.1, -0.05) is 60.7 Å². The van der Waals surface area contributed by atoms with Gasteiger partial charge in [0.25, 0.3) is 0 Å². The Balaban J connectivity index is 2.01. The molecule has 0 aliphatic carbocycles. The van der Waals surface area contributed by atoms with Crippen LogP contribution in [0.5, 0.6) is 5.75 Å². The van der Waals surface area contributed by atoms with Gasteiger partial charge in [-0.3, -0.25) is 0 Å². The summed E-state index contributed by atoms with van der Waals surface area (Å²) >= 11 is 0. The van der Waals surface area contributed by atoms with Gasteiger partial charge in [-0.2, -0.15) is 0 Å². The molecule has 35 heavy (non-hydrogen) atoms. The van der Waals surface area contributed by atoms with Crippen LogP contribution < -0.4 is 0 Å². The molecule has 0 aliphatic heterocycles. The molecule has 3 rings (SSSR count). The lowest BCUT2D eigenvalue weighted by molar-refractivity contribution is -0.106. The molecule has 3 aromatic rings. The lowest BCUT2D eigenvalue weighted by Crippen LogP contribution is -2.29. The van der Waals surface area contributed by atoms with Crippen LogP contribution in [0.25, 0.3) is 0 Å². The van der Waals surface area contributed by atoms with Crippen molar-refractivity contribution in [3.63, 3.8) is 0 Å². The molecule has 0 saturated carbocycles. The number of hydrogen-bond donors (Lipinski definition) is 2. The molecule has 0 fully saturated rings. The molecular weight excluding hydrogens is 452 g/mol. The number of esters is 2. The summed E-state index contributed by atoms with van der Waals surface area (Å²) in [6, 6.07) is 21.5. The Labute approximate surface area is 203 Å². The van der Waals surface area contributed by atoms with Crippen LogP contribution in [0.3, 0.4) is 0 Å². The first-order valence-electron chi connectivity index (χ1n) is 10.9. The third-order valence-corrected chi connectivity index (χ3v) is 5.37. The summed E-state index contributed by atoms with van der Waals surface area (Å²) in [5.41, 5.74) is 1.62. The van der Waals surface area contributed by atoms with Crippen molar-refractivity contribution >= 4 is 11.9 Å². The second-order valence-corrected chi connectivity index (χ2v) is 7.68. The van der Waals surface area contributed by atoms with Crippen LogP contribution in [0.2, 0.25) is 0 Å². The van der Waals surface area contributed by atoms with Gasteiger partial charge in [0.15, 0.2) is 0 Å². The Kier molecular flexibility index (Phi) is 9.37. The number of aromatic hydroxyl groups is 1. The molecule has 0 bridgehead atoms. The molecule has 0 unspecified atom stereocenters. The Bertz CT molecular complexity index is 1080. The lowest BCUT2D eigenvalue weighted by atomic mass is 9.97. The first-order chi connectivity index (χ1) is 17.0. The Hall–Kier alpha value is -3.72. The number of carbonyl (C=O) groups is 2. The van der Waals surface area contributed by atoms with Crippen LogP contribution in [0, 0.1) is 0 Å². The number of phenolic OH excluding ortho intramolecular Hbond substituents is 1. The van der Waals surface area contributed by atoms with Gasteiger partial charge in [0.05, 0.1) is 34.0 Å². The maximum atomic E-state index is 12.3. The molecular formula is C27H28O8. The SMILES string of the molecule is COC(=O)c1cc([C@@H](OCc2ccccc2)[C@H](CO)OCc2ccccc2)cc(C(=O)OC)c1O. The van der Waals surface area contributed by atoms with Crippen molar-refractivity contribution < 1.29 is 38.7 Å². The molecule has 0 saturated heterocycles. The van der Waals surface area contributed by atoms with Gasteiger partial charge in [-0.15, -0.1) is 0 Å². The number of aliphatic hydroxyl groups excluding tert-OH is 1. The molecule has 2 N–H and O–H groups in total. The third kappa shape index (κ3) is 6.66. The van der Waals surface area contributed by atoms with Crippen molar-refractivity contribution in [1.29, 1.82) is 0 Å². The second kappa shape index (κ2) is 12.7. The van der Waals surface area contributed by atoms with E-state index in [1.54, 1.807) is 0 Å². The zero-order valence-corrected chi connectivity index (χ0v) is 19.5. The maximum absolute atomic E-state index is 12.3. The number of hydrogen-bond acceptors (Lipinski definition) is 8. The fourth-order valence-corrected chi connectivity index (χ4v) is 3.54.